The van der Waals surface area contributed by atoms with E-state index in [2.05, 4.69) is 24.9 Å². The van der Waals surface area contributed by atoms with Crippen molar-refractivity contribution >= 4 is 29.1 Å². The van der Waals surface area contributed by atoms with Gasteiger partial charge in [0.1, 0.15) is 5.52 Å². The first-order valence-corrected chi connectivity index (χ1v) is 4.67. The fourth-order valence-electron chi connectivity index (χ4n) is 1.12. The van der Waals surface area contributed by atoms with Gasteiger partial charge in [0, 0.05) is 6.21 Å². The lowest BCUT2D eigenvalue weighted by Crippen LogP contribution is -1.95. The Labute approximate surface area is 86.7 Å². The highest BCUT2D eigenvalue weighted by molar-refractivity contribution is 5.82. The van der Waals surface area contributed by atoms with Crippen LogP contribution < -0.4 is 5.73 Å². The van der Waals surface area contributed by atoms with Crippen LogP contribution >= 0.6 is 0 Å². The number of hydrogen-bond donors (Lipinski definition) is 2. The third-order valence-electron chi connectivity index (χ3n) is 1.79. The number of nitrogens with zero attached hydrogens (tertiary/aromatic N) is 4. The highest BCUT2D eigenvalue weighted by Crippen LogP contribution is 2.16. The van der Waals surface area contributed by atoms with Crippen molar-refractivity contribution < 1.29 is 0 Å². The fraction of sp³-hybridized carbons (Fsp3) is 0.333. The largest absolute Gasteiger partial charge is 0.382 e. The molecule has 6 heteroatoms. The van der Waals surface area contributed by atoms with E-state index >= 15 is 0 Å². The highest BCUT2D eigenvalue weighted by Gasteiger charge is 2.05. The fourth-order valence-corrected chi connectivity index (χ4v) is 1.12. The number of nitrogens with one attached hydrogen (secondary N) is 1. The first kappa shape index (κ1) is 9.57. The molecule has 2 aromatic heterocycles. The average molecular weight is 204 g/mol. The van der Waals surface area contributed by atoms with E-state index in [-0.39, 0.29) is 0 Å². The quantitative estimate of drug-likeness (QED) is 0.721. The SMILES string of the molecule is CC(C)/C=N/c1nc(N)c2[nH]cnc2n1. The van der Waals surface area contributed by atoms with Gasteiger partial charge in [-0.2, -0.15) is 9.97 Å². The number of imidazole rings is 1. The zero-order valence-corrected chi connectivity index (χ0v) is 8.60. The molecular weight excluding hydrogens is 192 g/mol. The molecule has 0 atom stereocenters. The van der Waals surface area contributed by atoms with Gasteiger partial charge >= 0.3 is 0 Å². The minimum absolute atomic E-state index is 0.348. The second-order valence-corrected chi connectivity index (χ2v) is 3.53. The second kappa shape index (κ2) is 3.64. The van der Waals surface area contributed by atoms with E-state index in [1.165, 1.54) is 6.33 Å². The van der Waals surface area contributed by atoms with E-state index in [9.17, 15) is 0 Å². The van der Waals surface area contributed by atoms with Crippen LogP contribution in [0.15, 0.2) is 11.3 Å². The normalized spacial score (nSPS) is 11.9. The van der Waals surface area contributed by atoms with Gasteiger partial charge in [-0.1, -0.05) is 13.8 Å². The summed E-state index contributed by atoms with van der Waals surface area (Å²) in [6.45, 7) is 4.06. The Balaban J connectivity index is 2.45. The Morgan fingerprint density at radius 2 is 2.27 bits per heavy atom. The number of nitrogen functional groups attached to an aromatic ring is 1. The molecule has 0 unspecified atom stereocenters. The molecule has 6 nitrogen and oxygen atoms in total. The van der Waals surface area contributed by atoms with Gasteiger partial charge in [-0.25, -0.2) is 9.98 Å². The van der Waals surface area contributed by atoms with E-state index < -0.39 is 0 Å². The molecule has 15 heavy (non-hydrogen) atoms. The lowest BCUT2D eigenvalue weighted by molar-refractivity contribution is 0.905. The lowest BCUT2D eigenvalue weighted by Gasteiger charge is -1.97. The van der Waals surface area contributed by atoms with Crippen LogP contribution in [0.25, 0.3) is 11.2 Å². The molecule has 2 aromatic rings. The van der Waals surface area contributed by atoms with E-state index in [1.807, 2.05) is 13.8 Å². The summed E-state index contributed by atoms with van der Waals surface area (Å²) in [6.07, 6.45) is 3.30. The minimum Gasteiger partial charge on any atom is -0.382 e. The molecule has 2 rings (SSSR count). The summed E-state index contributed by atoms with van der Waals surface area (Å²) < 4.78 is 0. The van der Waals surface area contributed by atoms with Crippen LogP contribution in [-0.4, -0.2) is 26.2 Å². The first-order valence-electron chi connectivity index (χ1n) is 4.67. The Morgan fingerprint density at radius 1 is 1.47 bits per heavy atom. The summed E-state index contributed by atoms with van der Waals surface area (Å²) in [7, 11) is 0. The first-order chi connectivity index (χ1) is 7.16. The summed E-state index contributed by atoms with van der Waals surface area (Å²) in [5.74, 6) is 1.07. The summed E-state index contributed by atoms with van der Waals surface area (Å²) in [5.41, 5.74) is 6.90. The maximum atomic E-state index is 5.71. The van der Waals surface area contributed by atoms with E-state index in [4.69, 9.17) is 5.73 Å². The molecule has 2 heterocycles. The monoisotopic (exact) mass is 204 g/mol. The molecule has 0 aliphatic carbocycles. The van der Waals surface area contributed by atoms with E-state index in [0.717, 1.165) is 0 Å². The number of nitrogens with two attached hydrogens (primary N) is 1. The highest BCUT2D eigenvalue weighted by atomic mass is 15.1. The minimum atomic E-state index is 0.348. The molecule has 0 spiro atoms. The molecule has 78 valence electrons. The molecule has 0 amide bonds. The number of aliphatic imine (C=N–C) groups is 1. The Morgan fingerprint density at radius 3 is 3.00 bits per heavy atom. The lowest BCUT2D eigenvalue weighted by atomic mass is 10.2. The van der Waals surface area contributed by atoms with Crippen LogP contribution in [0.1, 0.15) is 13.8 Å². The molecule has 0 fully saturated rings. The van der Waals surface area contributed by atoms with Crippen molar-refractivity contribution in [1.82, 2.24) is 19.9 Å². The summed E-state index contributed by atoms with van der Waals surface area (Å²) in [6, 6.07) is 0. The number of aromatic amines is 1. The van der Waals surface area contributed by atoms with Crippen molar-refractivity contribution in [2.24, 2.45) is 10.9 Å². The number of anilines is 1. The molecule has 0 aromatic carbocycles. The van der Waals surface area contributed by atoms with Crippen molar-refractivity contribution in [2.45, 2.75) is 13.8 Å². The van der Waals surface area contributed by atoms with Crippen molar-refractivity contribution in [3.63, 3.8) is 0 Å². The van der Waals surface area contributed by atoms with Gasteiger partial charge in [0.15, 0.2) is 11.5 Å². The second-order valence-electron chi connectivity index (χ2n) is 3.53. The van der Waals surface area contributed by atoms with Gasteiger partial charge in [0.2, 0.25) is 0 Å². The predicted octanol–water partition coefficient (Wildman–Crippen LogP) is 1.29. The zero-order chi connectivity index (χ0) is 10.8. The van der Waals surface area contributed by atoms with Crippen LogP contribution in [0, 0.1) is 5.92 Å². The van der Waals surface area contributed by atoms with Crippen molar-refractivity contribution in [2.75, 3.05) is 5.73 Å². The number of rotatable bonds is 2. The van der Waals surface area contributed by atoms with Crippen LogP contribution in [0.4, 0.5) is 11.8 Å². The van der Waals surface area contributed by atoms with Crippen LogP contribution in [0.3, 0.4) is 0 Å². The van der Waals surface area contributed by atoms with Gasteiger partial charge in [0.25, 0.3) is 5.95 Å². The van der Waals surface area contributed by atoms with Crippen molar-refractivity contribution in [3.05, 3.63) is 6.33 Å². The van der Waals surface area contributed by atoms with Gasteiger partial charge < -0.3 is 10.7 Å². The Bertz CT molecular complexity index is 498. The van der Waals surface area contributed by atoms with Crippen molar-refractivity contribution in [1.29, 1.82) is 0 Å². The van der Waals surface area contributed by atoms with Gasteiger partial charge in [-0.15, -0.1) is 0 Å². The van der Waals surface area contributed by atoms with Crippen LogP contribution in [0.2, 0.25) is 0 Å². The summed E-state index contributed by atoms with van der Waals surface area (Å²) >= 11 is 0. The summed E-state index contributed by atoms with van der Waals surface area (Å²) in [5, 5.41) is 0. The standard InChI is InChI=1S/C9H12N6/c1-5(2)3-11-9-14-7(10)6-8(15-9)13-4-12-6/h3-5H,1-2H3,(H3,10,12,13,14,15)/b11-3+. The van der Waals surface area contributed by atoms with Gasteiger partial charge in [0.05, 0.1) is 6.33 Å². The van der Waals surface area contributed by atoms with E-state index in [0.29, 0.717) is 28.8 Å². The molecule has 3 N–H and O–H groups in total. The van der Waals surface area contributed by atoms with E-state index in [1.54, 1.807) is 6.21 Å². The number of hydrogen-bond acceptors (Lipinski definition) is 5. The average Bonchev–Trinajstić information content (AvgIpc) is 2.63. The smallest absolute Gasteiger partial charge is 0.253 e. The molecule has 0 aliphatic heterocycles. The van der Waals surface area contributed by atoms with Crippen LogP contribution in [0.5, 0.6) is 0 Å². The molecule has 0 bridgehead atoms. The molecule has 0 aliphatic rings. The third-order valence-corrected chi connectivity index (χ3v) is 1.79. The van der Waals surface area contributed by atoms with Gasteiger partial charge in [-0.05, 0) is 5.92 Å². The molecule has 0 saturated heterocycles. The number of fused-ring (bicyclic) bond motifs is 1. The Hall–Kier alpha value is -1.98. The van der Waals surface area contributed by atoms with Gasteiger partial charge in [-0.3, -0.25) is 0 Å². The maximum absolute atomic E-state index is 5.71. The zero-order valence-electron chi connectivity index (χ0n) is 8.60. The molecular formula is C9H12N6. The number of H-pyrrole nitrogens is 1. The molecule has 0 saturated carbocycles. The third kappa shape index (κ3) is 1.93. The maximum Gasteiger partial charge on any atom is 0.253 e. The molecule has 0 radical (unpaired) electrons. The predicted molar refractivity (Wildman–Crippen MR) is 59.1 cm³/mol. The van der Waals surface area contributed by atoms with Crippen molar-refractivity contribution in [3.8, 4) is 0 Å². The summed E-state index contributed by atoms with van der Waals surface area (Å²) in [4.78, 5) is 19.2. The van der Waals surface area contributed by atoms with Crippen LogP contribution in [-0.2, 0) is 0 Å². The topological polar surface area (TPSA) is 92.8 Å². The Kier molecular flexibility index (Phi) is 2.32. The number of aromatic nitrogens is 4.